The van der Waals surface area contributed by atoms with Gasteiger partial charge in [-0.1, -0.05) is 18.2 Å². The molecule has 0 unspecified atom stereocenters. The van der Waals surface area contributed by atoms with Crippen LogP contribution in [0, 0.1) is 6.92 Å². The summed E-state index contributed by atoms with van der Waals surface area (Å²) in [6.45, 7) is 3.05. The number of benzene rings is 1. The van der Waals surface area contributed by atoms with Crippen LogP contribution in [-0.2, 0) is 0 Å². The summed E-state index contributed by atoms with van der Waals surface area (Å²) in [5.41, 5.74) is 3.00. The normalized spacial score (nSPS) is 11.7. The Hall–Kier alpha value is -3.35. The number of fused-ring (bicyclic) bond motifs is 1. The van der Waals surface area contributed by atoms with Crippen molar-refractivity contribution in [3.05, 3.63) is 63.8 Å². The van der Waals surface area contributed by atoms with Crippen LogP contribution in [0.2, 0.25) is 0 Å². The van der Waals surface area contributed by atoms with Crippen molar-refractivity contribution in [3.63, 3.8) is 0 Å². The number of aryl methyl sites for hydroxylation is 1. The van der Waals surface area contributed by atoms with Gasteiger partial charge in [-0.3, -0.25) is 4.79 Å². The van der Waals surface area contributed by atoms with Gasteiger partial charge in [-0.05, 0) is 19.9 Å². The van der Waals surface area contributed by atoms with Gasteiger partial charge in [-0.2, -0.15) is 5.10 Å². The molecular weight excluding hydrogens is 310 g/mol. The van der Waals surface area contributed by atoms with Crippen LogP contribution in [0.5, 0.6) is 5.75 Å². The fraction of sp³-hybridized carbons (Fsp3) is 0.118. The number of hydrazone groups is 1. The number of H-pyrrole nitrogens is 1. The number of hydrogen-bond donors (Lipinski definition) is 3. The Labute approximate surface area is 136 Å². The van der Waals surface area contributed by atoms with Crippen molar-refractivity contribution in [1.29, 1.82) is 0 Å². The highest BCUT2D eigenvalue weighted by atomic mass is 16.4. The first-order chi connectivity index (χ1) is 11.5. The molecule has 3 rings (SSSR count). The number of aromatic nitrogens is 1. The quantitative estimate of drug-likeness (QED) is 0.507. The lowest BCUT2D eigenvalue weighted by atomic mass is 10.1. The van der Waals surface area contributed by atoms with Crippen molar-refractivity contribution in [2.24, 2.45) is 5.10 Å². The second kappa shape index (κ2) is 6.04. The summed E-state index contributed by atoms with van der Waals surface area (Å²) in [4.78, 5) is 27.1. The molecule has 3 aromatic rings. The summed E-state index contributed by atoms with van der Waals surface area (Å²) in [6.07, 6.45) is 1.59. The minimum absolute atomic E-state index is 0.0835. The molecule has 24 heavy (non-hydrogen) atoms. The molecule has 122 valence electrons. The summed E-state index contributed by atoms with van der Waals surface area (Å²) >= 11 is 0. The van der Waals surface area contributed by atoms with Gasteiger partial charge in [0.1, 0.15) is 17.1 Å². The lowest BCUT2D eigenvalue weighted by Gasteiger charge is -2.04. The number of aromatic hydroxyl groups is 1. The van der Waals surface area contributed by atoms with E-state index in [1.807, 2.05) is 24.3 Å². The zero-order valence-corrected chi connectivity index (χ0v) is 13.1. The molecule has 3 N–H and O–H groups in total. The average molecular weight is 325 g/mol. The maximum Gasteiger partial charge on any atom is 0.348 e. The van der Waals surface area contributed by atoms with Gasteiger partial charge in [-0.25, -0.2) is 10.2 Å². The van der Waals surface area contributed by atoms with Gasteiger partial charge in [0.25, 0.3) is 5.91 Å². The maximum atomic E-state index is 12.3. The van der Waals surface area contributed by atoms with E-state index in [1.165, 1.54) is 13.0 Å². The van der Waals surface area contributed by atoms with Crippen LogP contribution in [0.4, 0.5) is 0 Å². The van der Waals surface area contributed by atoms with E-state index in [0.29, 0.717) is 5.56 Å². The van der Waals surface area contributed by atoms with E-state index in [1.54, 1.807) is 13.1 Å². The highest BCUT2D eigenvalue weighted by Crippen LogP contribution is 2.18. The van der Waals surface area contributed by atoms with Crippen molar-refractivity contribution in [1.82, 2.24) is 10.4 Å². The molecule has 0 saturated carbocycles. The molecule has 7 heteroatoms. The fourth-order valence-corrected chi connectivity index (χ4v) is 2.44. The van der Waals surface area contributed by atoms with Gasteiger partial charge < -0.3 is 14.5 Å². The first-order valence-electron chi connectivity index (χ1n) is 7.22. The molecule has 0 atom stereocenters. The molecule has 1 aromatic carbocycles. The van der Waals surface area contributed by atoms with E-state index in [9.17, 15) is 14.7 Å². The molecule has 7 nitrogen and oxygen atoms in total. The predicted octanol–water partition coefficient (Wildman–Crippen LogP) is 2.29. The molecule has 0 aliphatic rings. The van der Waals surface area contributed by atoms with Crippen LogP contribution in [0.1, 0.15) is 28.6 Å². The highest BCUT2D eigenvalue weighted by Gasteiger charge is 2.15. The standard InChI is InChI=1S/C17H15N3O4/c1-9-7-14(21)15(17(23)24-9)10(2)19-20-16(22)12-8-18-13-6-4-3-5-11(12)13/h3-8,18,21H,1-2H3,(H,20,22)/b19-10-. The predicted molar refractivity (Wildman–Crippen MR) is 89.4 cm³/mol. The van der Waals surface area contributed by atoms with E-state index in [4.69, 9.17) is 4.42 Å². The third-order valence-electron chi connectivity index (χ3n) is 3.57. The Morgan fingerprint density at radius 3 is 2.83 bits per heavy atom. The molecule has 0 fully saturated rings. The number of aromatic amines is 1. The van der Waals surface area contributed by atoms with Crippen LogP contribution < -0.4 is 11.1 Å². The number of rotatable bonds is 3. The molecule has 0 saturated heterocycles. The van der Waals surface area contributed by atoms with Gasteiger partial charge >= 0.3 is 5.63 Å². The van der Waals surface area contributed by atoms with Crippen molar-refractivity contribution < 1.29 is 14.3 Å². The molecule has 2 aromatic heterocycles. The topological polar surface area (TPSA) is 108 Å². The fourth-order valence-electron chi connectivity index (χ4n) is 2.44. The molecule has 1 amide bonds. The smallest absolute Gasteiger partial charge is 0.348 e. The van der Waals surface area contributed by atoms with Crippen molar-refractivity contribution in [2.45, 2.75) is 13.8 Å². The third-order valence-corrected chi connectivity index (χ3v) is 3.57. The second-order valence-corrected chi connectivity index (χ2v) is 5.29. The van der Waals surface area contributed by atoms with E-state index in [0.717, 1.165) is 10.9 Å². The first-order valence-corrected chi connectivity index (χ1v) is 7.22. The Bertz CT molecular complexity index is 1010. The maximum absolute atomic E-state index is 12.3. The summed E-state index contributed by atoms with van der Waals surface area (Å²) in [6, 6.07) is 8.68. The zero-order valence-electron chi connectivity index (χ0n) is 13.1. The summed E-state index contributed by atoms with van der Waals surface area (Å²) in [5.74, 6) is -0.383. The summed E-state index contributed by atoms with van der Waals surface area (Å²) in [7, 11) is 0. The van der Waals surface area contributed by atoms with E-state index >= 15 is 0 Å². The highest BCUT2D eigenvalue weighted by molar-refractivity contribution is 6.07. The number of carbonyl (C=O) groups is 1. The number of carbonyl (C=O) groups excluding carboxylic acids is 1. The van der Waals surface area contributed by atoms with Gasteiger partial charge in [-0.15, -0.1) is 0 Å². The average Bonchev–Trinajstić information content (AvgIpc) is 2.95. The Kier molecular flexibility index (Phi) is 3.91. The minimum atomic E-state index is -0.713. The van der Waals surface area contributed by atoms with Crippen LogP contribution in [0.15, 0.2) is 50.8 Å². The molecule has 0 spiro atoms. The van der Waals surface area contributed by atoms with Gasteiger partial charge in [0, 0.05) is 23.2 Å². The monoisotopic (exact) mass is 325 g/mol. The van der Waals surface area contributed by atoms with Crippen molar-refractivity contribution >= 4 is 22.5 Å². The number of amides is 1. The Morgan fingerprint density at radius 1 is 1.33 bits per heavy atom. The third kappa shape index (κ3) is 2.79. The molecule has 0 aliphatic carbocycles. The van der Waals surface area contributed by atoms with E-state index in [2.05, 4.69) is 15.5 Å². The Morgan fingerprint density at radius 2 is 2.08 bits per heavy atom. The lowest BCUT2D eigenvalue weighted by Crippen LogP contribution is -2.21. The lowest BCUT2D eigenvalue weighted by molar-refractivity contribution is 0.0956. The van der Waals surface area contributed by atoms with Crippen LogP contribution in [-0.4, -0.2) is 21.7 Å². The number of para-hydroxylation sites is 1. The van der Waals surface area contributed by atoms with E-state index < -0.39 is 11.5 Å². The second-order valence-electron chi connectivity index (χ2n) is 5.29. The van der Waals surface area contributed by atoms with Gasteiger partial charge in [0.15, 0.2) is 0 Å². The zero-order chi connectivity index (χ0) is 17.3. The largest absolute Gasteiger partial charge is 0.507 e. The number of nitrogens with one attached hydrogen (secondary N) is 2. The van der Waals surface area contributed by atoms with Gasteiger partial charge in [0.05, 0.1) is 11.3 Å². The number of hydrogen-bond acceptors (Lipinski definition) is 5. The summed E-state index contributed by atoms with van der Waals surface area (Å²) in [5, 5.41) is 14.5. The SMILES string of the molecule is C/C(=N/NC(=O)c1c[nH]c2ccccc12)c1c(O)cc(C)oc1=O. The molecule has 0 radical (unpaired) electrons. The van der Waals surface area contributed by atoms with Crippen LogP contribution in [0.3, 0.4) is 0 Å². The number of nitrogens with zero attached hydrogens (tertiary/aromatic N) is 1. The van der Waals surface area contributed by atoms with Crippen LogP contribution >= 0.6 is 0 Å². The minimum Gasteiger partial charge on any atom is -0.507 e. The first kappa shape index (κ1) is 15.5. The van der Waals surface area contributed by atoms with Crippen molar-refractivity contribution in [2.75, 3.05) is 0 Å². The Balaban J connectivity index is 1.88. The van der Waals surface area contributed by atoms with Crippen molar-refractivity contribution in [3.8, 4) is 5.75 Å². The molecule has 0 aliphatic heterocycles. The van der Waals surface area contributed by atoms with Gasteiger partial charge in [0.2, 0.25) is 0 Å². The molecular formula is C17H15N3O4. The van der Waals surface area contributed by atoms with Crippen LogP contribution in [0.25, 0.3) is 10.9 Å². The molecule has 0 bridgehead atoms. The summed E-state index contributed by atoms with van der Waals surface area (Å²) < 4.78 is 4.93. The molecule has 2 heterocycles. The van der Waals surface area contributed by atoms with E-state index in [-0.39, 0.29) is 22.8 Å².